The lowest BCUT2D eigenvalue weighted by Crippen LogP contribution is -2.35. The minimum Gasteiger partial charge on any atom is -0.496 e. The van der Waals surface area contributed by atoms with Gasteiger partial charge in [0.2, 0.25) is 5.60 Å². The van der Waals surface area contributed by atoms with Gasteiger partial charge in [0.25, 0.3) is 0 Å². The van der Waals surface area contributed by atoms with Crippen molar-refractivity contribution in [2.24, 2.45) is 5.16 Å². The smallest absolute Gasteiger partial charge is 0.351 e. The van der Waals surface area contributed by atoms with Crippen molar-refractivity contribution in [3.8, 4) is 17.2 Å². The third kappa shape index (κ3) is 2.58. The van der Waals surface area contributed by atoms with E-state index in [0.29, 0.717) is 28.5 Å². The van der Waals surface area contributed by atoms with Gasteiger partial charge in [0.05, 0.1) is 32.6 Å². The van der Waals surface area contributed by atoms with Crippen molar-refractivity contribution in [1.29, 1.82) is 0 Å². The van der Waals surface area contributed by atoms with E-state index in [4.69, 9.17) is 19.0 Å². The average Bonchev–Trinajstić information content (AvgIpc) is 2.89. The predicted octanol–water partition coefficient (Wildman–Crippen LogP) is 1.68. The number of methoxy groups -OCH3 is 3. The van der Waals surface area contributed by atoms with Gasteiger partial charge in [-0.3, -0.25) is 0 Å². The van der Waals surface area contributed by atoms with Crippen molar-refractivity contribution < 1.29 is 28.9 Å². The average molecular weight is 295 g/mol. The molecule has 0 amide bonds. The quantitative estimate of drug-likeness (QED) is 0.889. The number of carboxylic acids is 1. The van der Waals surface area contributed by atoms with Crippen LogP contribution >= 0.6 is 0 Å². The topological polar surface area (TPSA) is 86.6 Å². The molecule has 1 aliphatic rings. The van der Waals surface area contributed by atoms with Crippen LogP contribution < -0.4 is 14.2 Å². The third-order valence-electron chi connectivity index (χ3n) is 3.32. The number of oxime groups is 1. The van der Waals surface area contributed by atoms with Gasteiger partial charge in [-0.15, -0.1) is 0 Å². The van der Waals surface area contributed by atoms with Gasteiger partial charge in [0, 0.05) is 18.6 Å². The molecule has 1 aromatic rings. The summed E-state index contributed by atoms with van der Waals surface area (Å²) in [5, 5.41) is 13.1. The first-order valence-electron chi connectivity index (χ1n) is 6.24. The summed E-state index contributed by atoms with van der Waals surface area (Å²) in [4.78, 5) is 16.3. The molecule has 0 bridgehead atoms. The fourth-order valence-electron chi connectivity index (χ4n) is 2.08. The van der Waals surface area contributed by atoms with Crippen molar-refractivity contribution in [3.63, 3.8) is 0 Å². The molecule has 0 saturated carbocycles. The van der Waals surface area contributed by atoms with Crippen LogP contribution in [0.4, 0.5) is 0 Å². The molecule has 2 rings (SSSR count). The lowest BCUT2D eigenvalue weighted by Gasteiger charge is -2.16. The SMILES string of the molecule is COc1cc(OC)c(C2=NOC(C)(C(=O)O)C2)c(OC)c1. The molecule has 114 valence electrons. The number of nitrogens with zero attached hydrogens (tertiary/aromatic N) is 1. The van der Waals surface area contributed by atoms with E-state index in [2.05, 4.69) is 5.16 Å². The Morgan fingerprint density at radius 2 is 1.81 bits per heavy atom. The van der Waals surface area contributed by atoms with Crippen molar-refractivity contribution in [1.82, 2.24) is 0 Å². The van der Waals surface area contributed by atoms with Gasteiger partial charge in [-0.25, -0.2) is 4.79 Å². The molecule has 1 heterocycles. The van der Waals surface area contributed by atoms with E-state index in [-0.39, 0.29) is 6.42 Å². The molecule has 0 saturated heterocycles. The van der Waals surface area contributed by atoms with E-state index in [1.807, 2.05) is 0 Å². The fourth-order valence-corrected chi connectivity index (χ4v) is 2.08. The normalized spacial score (nSPS) is 20.5. The lowest BCUT2D eigenvalue weighted by atomic mass is 9.95. The second kappa shape index (κ2) is 5.51. The molecule has 0 spiro atoms. The van der Waals surface area contributed by atoms with Crippen LogP contribution in [0.25, 0.3) is 0 Å². The first kappa shape index (κ1) is 15.0. The maximum absolute atomic E-state index is 11.2. The van der Waals surface area contributed by atoms with Crippen molar-refractivity contribution in [2.45, 2.75) is 18.9 Å². The van der Waals surface area contributed by atoms with Gasteiger partial charge in [0.1, 0.15) is 17.2 Å². The van der Waals surface area contributed by atoms with E-state index < -0.39 is 11.6 Å². The molecule has 1 atom stereocenters. The van der Waals surface area contributed by atoms with E-state index in [1.165, 1.54) is 28.3 Å². The number of hydrogen-bond acceptors (Lipinski definition) is 6. The molecule has 21 heavy (non-hydrogen) atoms. The van der Waals surface area contributed by atoms with Gasteiger partial charge in [-0.1, -0.05) is 5.16 Å². The molecular formula is C14H17NO6. The van der Waals surface area contributed by atoms with Crippen LogP contribution in [0.15, 0.2) is 17.3 Å². The Bertz CT molecular complexity index is 572. The van der Waals surface area contributed by atoms with Gasteiger partial charge >= 0.3 is 5.97 Å². The molecule has 0 aromatic heterocycles. The summed E-state index contributed by atoms with van der Waals surface area (Å²) in [6.07, 6.45) is 0.112. The second-order valence-electron chi connectivity index (χ2n) is 4.75. The van der Waals surface area contributed by atoms with Gasteiger partial charge in [-0.2, -0.15) is 0 Å². The maximum Gasteiger partial charge on any atom is 0.351 e. The van der Waals surface area contributed by atoms with Crippen LogP contribution in [-0.2, 0) is 9.63 Å². The zero-order valence-corrected chi connectivity index (χ0v) is 12.3. The van der Waals surface area contributed by atoms with Gasteiger partial charge < -0.3 is 24.2 Å². The van der Waals surface area contributed by atoms with E-state index >= 15 is 0 Å². The van der Waals surface area contributed by atoms with Gasteiger partial charge in [0.15, 0.2) is 0 Å². The number of aliphatic carboxylic acids is 1. The second-order valence-corrected chi connectivity index (χ2v) is 4.75. The standard InChI is InChI=1S/C14H17NO6/c1-14(13(16)17)7-9(15-21-14)12-10(19-3)5-8(18-2)6-11(12)20-4/h5-6H,7H2,1-4H3,(H,16,17). The Morgan fingerprint density at radius 3 is 2.19 bits per heavy atom. The molecule has 7 nitrogen and oxygen atoms in total. The molecule has 0 fully saturated rings. The van der Waals surface area contributed by atoms with Crippen LogP contribution in [0.3, 0.4) is 0 Å². The van der Waals surface area contributed by atoms with Crippen LogP contribution in [0, 0.1) is 0 Å². The van der Waals surface area contributed by atoms with Crippen LogP contribution in [0.2, 0.25) is 0 Å². The predicted molar refractivity (Wildman–Crippen MR) is 74.4 cm³/mol. The van der Waals surface area contributed by atoms with Crippen LogP contribution in [0.1, 0.15) is 18.9 Å². The Hall–Kier alpha value is -2.44. The summed E-state index contributed by atoms with van der Waals surface area (Å²) >= 11 is 0. The van der Waals surface area contributed by atoms with Crippen molar-refractivity contribution in [2.75, 3.05) is 21.3 Å². The number of carboxylic acid groups (broad SMARTS) is 1. The highest BCUT2D eigenvalue weighted by Gasteiger charge is 2.43. The molecule has 1 unspecified atom stereocenters. The zero-order valence-electron chi connectivity index (χ0n) is 12.3. The Balaban J connectivity index is 2.47. The first-order chi connectivity index (χ1) is 9.95. The summed E-state index contributed by atoms with van der Waals surface area (Å²) in [6.45, 7) is 1.47. The summed E-state index contributed by atoms with van der Waals surface area (Å²) in [5.41, 5.74) is -0.368. The molecule has 0 radical (unpaired) electrons. The van der Waals surface area contributed by atoms with E-state index in [1.54, 1.807) is 12.1 Å². The molecular weight excluding hydrogens is 278 g/mol. The number of benzene rings is 1. The monoisotopic (exact) mass is 295 g/mol. The number of carbonyl (C=O) groups is 1. The Morgan fingerprint density at radius 1 is 1.24 bits per heavy atom. The fraction of sp³-hybridized carbons (Fsp3) is 0.429. The largest absolute Gasteiger partial charge is 0.496 e. The lowest BCUT2D eigenvalue weighted by molar-refractivity contribution is -0.160. The third-order valence-corrected chi connectivity index (χ3v) is 3.32. The Labute approximate surface area is 122 Å². The van der Waals surface area contributed by atoms with Crippen molar-refractivity contribution in [3.05, 3.63) is 17.7 Å². The molecule has 1 aromatic carbocycles. The minimum atomic E-state index is -1.38. The van der Waals surface area contributed by atoms with E-state index in [9.17, 15) is 9.90 Å². The molecule has 0 aliphatic carbocycles. The van der Waals surface area contributed by atoms with Crippen LogP contribution in [0.5, 0.6) is 17.2 Å². The summed E-state index contributed by atoms with van der Waals surface area (Å²) in [5.74, 6) is 0.437. The van der Waals surface area contributed by atoms with Gasteiger partial charge in [-0.05, 0) is 6.92 Å². The number of rotatable bonds is 5. The number of hydrogen-bond donors (Lipinski definition) is 1. The minimum absolute atomic E-state index is 0.112. The number of ether oxygens (including phenoxy) is 3. The highest BCUT2D eigenvalue weighted by Crippen LogP contribution is 2.38. The summed E-state index contributed by atoms with van der Waals surface area (Å²) in [7, 11) is 4.54. The highest BCUT2D eigenvalue weighted by molar-refractivity contribution is 6.08. The molecule has 7 heteroatoms. The van der Waals surface area contributed by atoms with Crippen LogP contribution in [-0.4, -0.2) is 43.7 Å². The first-order valence-corrected chi connectivity index (χ1v) is 6.24. The molecule has 1 N–H and O–H groups in total. The Kier molecular flexibility index (Phi) is 3.93. The summed E-state index contributed by atoms with van der Waals surface area (Å²) in [6, 6.07) is 3.35. The van der Waals surface area contributed by atoms with Crippen molar-refractivity contribution >= 4 is 11.7 Å². The summed E-state index contributed by atoms with van der Waals surface area (Å²) < 4.78 is 15.8. The highest BCUT2D eigenvalue weighted by atomic mass is 16.7. The maximum atomic E-state index is 11.2. The zero-order chi connectivity index (χ0) is 15.6. The molecule has 1 aliphatic heterocycles. The van der Waals surface area contributed by atoms with E-state index in [0.717, 1.165) is 0 Å².